The van der Waals surface area contributed by atoms with E-state index in [-0.39, 0.29) is 5.91 Å². The number of anilines is 1. The summed E-state index contributed by atoms with van der Waals surface area (Å²) in [5, 5.41) is 0. The molecule has 1 amide bonds. The van der Waals surface area contributed by atoms with Crippen molar-refractivity contribution in [2.45, 2.75) is 26.2 Å². The van der Waals surface area contributed by atoms with Gasteiger partial charge < -0.3 is 10.3 Å². The van der Waals surface area contributed by atoms with Gasteiger partial charge in [-0.3, -0.25) is 4.79 Å². The van der Waals surface area contributed by atoms with Crippen molar-refractivity contribution in [1.82, 2.24) is 9.88 Å². The SMILES string of the molecule is CCCC1CCN(C(=O)c2cc(Br)cnc2NN)C1. The van der Waals surface area contributed by atoms with Gasteiger partial charge in [0.15, 0.2) is 5.82 Å². The molecule has 0 aromatic carbocycles. The van der Waals surface area contributed by atoms with E-state index in [1.807, 2.05) is 4.90 Å². The van der Waals surface area contributed by atoms with Crippen LogP contribution < -0.4 is 11.3 Å². The van der Waals surface area contributed by atoms with Gasteiger partial charge in [0.25, 0.3) is 5.91 Å². The fourth-order valence-electron chi connectivity index (χ4n) is 2.55. The van der Waals surface area contributed by atoms with Gasteiger partial charge in [0, 0.05) is 23.8 Å². The molecule has 6 heteroatoms. The lowest BCUT2D eigenvalue weighted by Crippen LogP contribution is -2.30. The summed E-state index contributed by atoms with van der Waals surface area (Å²) < 4.78 is 0.777. The van der Waals surface area contributed by atoms with E-state index in [9.17, 15) is 4.79 Å². The molecule has 0 radical (unpaired) electrons. The van der Waals surface area contributed by atoms with E-state index in [1.54, 1.807) is 12.3 Å². The van der Waals surface area contributed by atoms with Crippen LogP contribution in [0.15, 0.2) is 16.7 Å². The van der Waals surface area contributed by atoms with Crippen LogP contribution in [0.3, 0.4) is 0 Å². The van der Waals surface area contributed by atoms with Crippen molar-refractivity contribution in [3.8, 4) is 0 Å². The number of carbonyl (C=O) groups is 1. The molecule has 0 bridgehead atoms. The lowest BCUT2D eigenvalue weighted by molar-refractivity contribution is 0.0787. The normalized spacial score (nSPS) is 18.7. The van der Waals surface area contributed by atoms with Crippen molar-refractivity contribution in [3.05, 3.63) is 22.3 Å². The number of carbonyl (C=O) groups excluding carboxylic acids is 1. The van der Waals surface area contributed by atoms with E-state index < -0.39 is 0 Å². The van der Waals surface area contributed by atoms with Crippen molar-refractivity contribution < 1.29 is 4.79 Å². The molecule has 1 saturated heterocycles. The second-order valence-electron chi connectivity index (χ2n) is 4.89. The molecule has 1 fully saturated rings. The quantitative estimate of drug-likeness (QED) is 0.658. The highest BCUT2D eigenvalue weighted by Crippen LogP contribution is 2.25. The van der Waals surface area contributed by atoms with E-state index in [4.69, 9.17) is 5.84 Å². The Morgan fingerprint density at radius 2 is 2.47 bits per heavy atom. The van der Waals surface area contributed by atoms with Gasteiger partial charge >= 0.3 is 0 Å². The van der Waals surface area contributed by atoms with Gasteiger partial charge in [-0.2, -0.15) is 0 Å². The highest BCUT2D eigenvalue weighted by molar-refractivity contribution is 9.10. The number of nitrogens with zero attached hydrogens (tertiary/aromatic N) is 2. The second-order valence-corrected chi connectivity index (χ2v) is 5.80. The summed E-state index contributed by atoms with van der Waals surface area (Å²) in [6.45, 7) is 3.84. The number of hydrogen-bond donors (Lipinski definition) is 2. The molecule has 1 aliphatic rings. The number of rotatable bonds is 4. The van der Waals surface area contributed by atoms with Crippen LogP contribution >= 0.6 is 15.9 Å². The largest absolute Gasteiger partial charge is 0.338 e. The number of pyridine rings is 1. The molecular weight excluding hydrogens is 308 g/mol. The van der Waals surface area contributed by atoms with Crippen LogP contribution in [0.25, 0.3) is 0 Å². The van der Waals surface area contributed by atoms with Crippen molar-refractivity contribution in [1.29, 1.82) is 0 Å². The second kappa shape index (κ2) is 6.34. The zero-order valence-electron chi connectivity index (χ0n) is 11.0. The van der Waals surface area contributed by atoms with E-state index >= 15 is 0 Å². The number of nitrogens with one attached hydrogen (secondary N) is 1. The standard InChI is InChI=1S/C13H19BrN4O/c1-2-3-9-4-5-18(8-9)13(19)11-6-10(14)7-16-12(11)17-15/h6-7,9H,2-5,8,15H2,1H3,(H,16,17). The first-order valence-electron chi connectivity index (χ1n) is 6.57. The number of likely N-dealkylation sites (tertiary alicyclic amines) is 1. The van der Waals surface area contributed by atoms with Crippen molar-refractivity contribution in [3.63, 3.8) is 0 Å². The lowest BCUT2D eigenvalue weighted by atomic mass is 10.0. The van der Waals surface area contributed by atoms with Crippen LogP contribution in [0.5, 0.6) is 0 Å². The number of hydrogen-bond acceptors (Lipinski definition) is 4. The van der Waals surface area contributed by atoms with E-state index in [0.29, 0.717) is 17.3 Å². The first kappa shape index (κ1) is 14.3. The minimum absolute atomic E-state index is 0.000327. The predicted molar refractivity (Wildman–Crippen MR) is 78.7 cm³/mol. The summed E-state index contributed by atoms with van der Waals surface area (Å²) in [5.74, 6) is 6.47. The van der Waals surface area contributed by atoms with Crippen molar-refractivity contribution in [2.24, 2.45) is 11.8 Å². The van der Waals surface area contributed by atoms with Crippen molar-refractivity contribution >= 4 is 27.7 Å². The Bertz CT molecular complexity index is 466. The van der Waals surface area contributed by atoms with Crippen LogP contribution in [0, 0.1) is 5.92 Å². The molecule has 1 aromatic heterocycles. The molecule has 1 aliphatic heterocycles. The Hall–Kier alpha value is -1.14. The third kappa shape index (κ3) is 3.25. The number of nitrogens with two attached hydrogens (primary N) is 1. The van der Waals surface area contributed by atoms with E-state index in [1.165, 1.54) is 12.8 Å². The number of amides is 1. The predicted octanol–water partition coefficient (Wildman–Crippen LogP) is 2.39. The van der Waals surface area contributed by atoms with Crippen LogP contribution in [0.1, 0.15) is 36.5 Å². The average molecular weight is 327 g/mol. The maximum absolute atomic E-state index is 12.5. The minimum Gasteiger partial charge on any atom is -0.338 e. The first-order chi connectivity index (χ1) is 9.15. The van der Waals surface area contributed by atoms with Gasteiger partial charge in [-0.15, -0.1) is 0 Å². The summed E-state index contributed by atoms with van der Waals surface area (Å²) in [5.41, 5.74) is 3.01. The summed E-state index contributed by atoms with van der Waals surface area (Å²) >= 11 is 3.34. The van der Waals surface area contributed by atoms with Crippen LogP contribution in [-0.4, -0.2) is 28.9 Å². The summed E-state index contributed by atoms with van der Waals surface area (Å²) in [6.07, 6.45) is 5.06. The van der Waals surface area contributed by atoms with Gasteiger partial charge in [0.2, 0.25) is 0 Å². The Kier molecular flexibility index (Phi) is 4.76. The number of halogens is 1. The molecule has 1 atom stereocenters. The Morgan fingerprint density at radius 3 is 3.16 bits per heavy atom. The maximum atomic E-state index is 12.5. The smallest absolute Gasteiger partial charge is 0.257 e. The first-order valence-corrected chi connectivity index (χ1v) is 7.36. The van der Waals surface area contributed by atoms with Gasteiger partial charge in [-0.1, -0.05) is 13.3 Å². The number of hydrazine groups is 1. The third-order valence-corrected chi connectivity index (χ3v) is 3.93. The molecule has 19 heavy (non-hydrogen) atoms. The third-order valence-electron chi connectivity index (χ3n) is 3.49. The highest BCUT2D eigenvalue weighted by atomic mass is 79.9. The monoisotopic (exact) mass is 326 g/mol. The topological polar surface area (TPSA) is 71.2 Å². The molecule has 2 rings (SSSR count). The molecule has 104 valence electrons. The van der Waals surface area contributed by atoms with Gasteiger partial charge in [-0.25, -0.2) is 10.8 Å². The van der Waals surface area contributed by atoms with Gasteiger partial charge in [0.05, 0.1) is 5.56 Å². The molecular formula is C13H19BrN4O. The molecule has 0 aliphatic carbocycles. The Balaban J connectivity index is 2.14. The fourth-order valence-corrected chi connectivity index (χ4v) is 2.88. The van der Waals surface area contributed by atoms with Gasteiger partial charge in [0.1, 0.15) is 0 Å². The summed E-state index contributed by atoms with van der Waals surface area (Å²) in [6, 6.07) is 1.76. The molecule has 0 spiro atoms. The van der Waals surface area contributed by atoms with Crippen LogP contribution in [0.4, 0.5) is 5.82 Å². The van der Waals surface area contributed by atoms with E-state index in [0.717, 1.165) is 24.0 Å². The van der Waals surface area contributed by atoms with Crippen molar-refractivity contribution in [2.75, 3.05) is 18.5 Å². The maximum Gasteiger partial charge on any atom is 0.257 e. The summed E-state index contributed by atoms with van der Waals surface area (Å²) in [4.78, 5) is 18.5. The minimum atomic E-state index is 0.000327. The number of nitrogen functional groups attached to an aromatic ring is 1. The van der Waals surface area contributed by atoms with Crippen LogP contribution in [-0.2, 0) is 0 Å². The summed E-state index contributed by atoms with van der Waals surface area (Å²) in [7, 11) is 0. The molecule has 0 saturated carbocycles. The zero-order valence-corrected chi connectivity index (χ0v) is 12.6. The molecule has 1 aromatic rings. The molecule has 2 heterocycles. The molecule has 1 unspecified atom stereocenters. The Labute approximate surface area is 121 Å². The lowest BCUT2D eigenvalue weighted by Gasteiger charge is -2.18. The van der Waals surface area contributed by atoms with Crippen LogP contribution in [0.2, 0.25) is 0 Å². The average Bonchev–Trinajstić information content (AvgIpc) is 2.87. The highest BCUT2D eigenvalue weighted by Gasteiger charge is 2.28. The van der Waals surface area contributed by atoms with E-state index in [2.05, 4.69) is 33.3 Å². The fraction of sp³-hybridized carbons (Fsp3) is 0.538. The molecule has 5 nitrogen and oxygen atoms in total. The molecule has 3 N–H and O–H groups in total. The number of aromatic nitrogens is 1. The zero-order chi connectivity index (χ0) is 13.8. The Morgan fingerprint density at radius 1 is 1.68 bits per heavy atom. The van der Waals surface area contributed by atoms with Gasteiger partial charge in [-0.05, 0) is 40.8 Å².